The van der Waals surface area contributed by atoms with Gasteiger partial charge in [0.15, 0.2) is 5.69 Å². The summed E-state index contributed by atoms with van der Waals surface area (Å²) in [5, 5.41) is 8.14. The number of benzene rings is 1. The highest BCUT2D eigenvalue weighted by atomic mass is 16.2. The van der Waals surface area contributed by atoms with Crippen molar-refractivity contribution in [1.29, 1.82) is 0 Å². The number of nitrogens with zero attached hydrogens (tertiary/aromatic N) is 5. The van der Waals surface area contributed by atoms with Gasteiger partial charge in [0.25, 0.3) is 11.5 Å². The lowest BCUT2D eigenvalue weighted by Crippen LogP contribution is -2.45. The summed E-state index contributed by atoms with van der Waals surface area (Å²) in [5.41, 5.74) is 8.21. The first kappa shape index (κ1) is 17.6. The summed E-state index contributed by atoms with van der Waals surface area (Å²) >= 11 is 0. The molecule has 0 bridgehead atoms. The minimum absolute atomic E-state index is 0.126. The third-order valence-electron chi connectivity index (χ3n) is 6.13. The van der Waals surface area contributed by atoms with E-state index in [4.69, 9.17) is 5.73 Å². The summed E-state index contributed by atoms with van der Waals surface area (Å²) in [5.74, 6) is 0.0321. The van der Waals surface area contributed by atoms with E-state index in [1.807, 2.05) is 30.3 Å². The average molecular weight is 391 g/mol. The topological polar surface area (TPSA) is 123 Å². The van der Waals surface area contributed by atoms with Crippen LogP contribution in [-0.2, 0) is 11.8 Å². The van der Waals surface area contributed by atoms with Gasteiger partial charge in [0, 0.05) is 24.1 Å². The Morgan fingerprint density at radius 2 is 1.90 bits per heavy atom. The van der Waals surface area contributed by atoms with Crippen molar-refractivity contribution in [2.75, 3.05) is 18.8 Å². The number of aromatic amines is 1. The molecule has 0 saturated carbocycles. The van der Waals surface area contributed by atoms with Gasteiger partial charge in [0.05, 0.1) is 17.6 Å². The number of para-hydroxylation sites is 1. The third-order valence-corrected chi connectivity index (χ3v) is 6.13. The second-order valence-corrected chi connectivity index (χ2v) is 7.73. The number of hydrogen-bond donors (Lipinski definition) is 2. The normalized spacial score (nSPS) is 17.4. The van der Waals surface area contributed by atoms with Gasteiger partial charge in [-0.1, -0.05) is 23.4 Å². The van der Waals surface area contributed by atoms with E-state index in [9.17, 15) is 9.59 Å². The number of nitrogens with one attached hydrogen (secondary N) is 1. The molecule has 9 nitrogen and oxygen atoms in total. The number of hydrogen-bond acceptors (Lipinski definition) is 6. The SMILES string of the molecule is Nc1nc2c(c(=O)[nH]1)CCC21CCN(C(=O)c2cn(-c3ccccc3)nn2)CC1. The summed E-state index contributed by atoms with van der Waals surface area (Å²) in [4.78, 5) is 33.9. The van der Waals surface area contributed by atoms with Crippen LogP contribution in [0.3, 0.4) is 0 Å². The number of piperidine rings is 1. The fourth-order valence-corrected chi connectivity index (χ4v) is 4.52. The zero-order valence-electron chi connectivity index (χ0n) is 15.8. The van der Waals surface area contributed by atoms with Crippen molar-refractivity contribution in [3.05, 3.63) is 63.8 Å². The molecule has 1 amide bonds. The molecule has 1 aromatic carbocycles. The number of carbonyl (C=O) groups is 1. The minimum Gasteiger partial charge on any atom is -0.369 e. The van der Waals surface area contributed by atoms with E-state index < -0.39 is 0 Å². The zero-order chi connectivity index (χ0) is 20.0. The van der Waals surface area contributed by atoms with E-state index in [1.54, 1.807) is 15.8 Å². The smallest absolute Gasteiger partial charge is 0.276 e. The molecule has 3 N–H and O–H groups in total. The van der Waals surface area contributed by atoms with Crippen molar-refractivity contribution in [3.63, 3.8) is 0 Å². The number of nitrogens with two attached hydrogens (primary N) is 1. The van der Waals surface area contributed by atoms with Gasteiger partial charge in [-0.3, -0.25) is 14.6 Å². The summed E-state index contributed by atoms with van der Waals surface area (Å²) in [6.07, 6.45) is 4.75. The van der Waals surface area contributed by atoms with Gasteiger partial charge in [0.2, 0.25) is 5.95 Å². The lowest BCUT2D eigenvalue weighted by atomic mass is 9.76. The van der Waals surface area contributed by atoms with E-state index in [0.717, 1.165) is 36.2 Å². The Balaban J connectivity index is 1.33. The fourth-order valence-electron chi connectivity index (χ4n) is 4.52. The molecular weight excluding hydrogens is 370 g/mol. The predicted octanol–water partition coefficient (Wildman–Crippen LogP) is 1.05. The molecule has 0 unspecified atom stereocenters. The Kier molecular flexibility index (Phi) is 3.97. The summed E-state index contributed by atoms with van der Waals surface area (Å²) in [6.45, 7) is 1.18. The van der Waals surface area contributed by atoms with E-state index in [1.165, 1.54) is 0 Å². The fraction of sp³-hybridized carbons (Fsp3) is 0.350. The van der Waals surface area contributed by atoms with Crippen LogP contribution in [-0.4, -0.2) is 48.9 Å². The van der Waals surface area contributed by atoms with Crippen LogP contribution in [0.2, 0.25) is 0 Å². The van der Waals surface area contributed by atoms with E-state index in [-0.39, 0.29) is 22.8 Å². The molecule has 9 heteroatoms. The van der Waals surface area contributed by atoms with Crippen LogP contribution in [0.4, 0.5) is 5.95 Å². The second kappa shape index (κ2) is 6.54. The number of nitrogen functional groups attached to an aromatic ring is 1. The molecule has 2 aromatic heterocycles. The second-order valence-electron chi connectivity index (χ2n) is 7.73. The molecule has 1 aliphatic heterocycles. The number of carbonyl (C=O) groups excluding carboxylic acids is 1. The van der Waals surface area contributed by atoms with Crippen molar-refractivity contribution < 1.29 is 4.79 Å². The summed E-state index contributed by atoms with van der Waals surface area (Å²) < 4.78 is 1.60. The number of amides is 1. The number of likely N-dealkylation sites (tertiary alicyclic amines) is 1. The van der Waals surface area contributed by atoms with Crippen LogP contribution in [0.1, 0.15) is 41.0 Å². The Morgan fingerprint density at radius 3 is 2.66 bits per heavy atom. The van der Waals surface area contributed by atoms with Crippen molar-refractivity contribution >= 4 is 11.9 Å². The molecule has 1 spiro atoms. The number of anilines is 1. The van der Waals surface area contributed by atoms with Gasteiger partial charge in [-0.15, -0.1) is 5.10 Å². The largest absolute Gasteiger partial charge is 0.369 e. The summed E-state index contributed by atoms with van der Waals surface area (Å²) in [6, 6.07) is 9.56. The molecule has 0 atom stereocenters. The van der Waals surface area contributed by atoms with E-state index >= 15 is 0 Å². The first-order valence-corrected chi connectivity index (χ1v) is 9.72. The highest BCUT2D eigenvalue weighted by Gasteiger charge is 2.44. The maximum Gasteiger partial charge on any atom is 0.276 e. The molecular formula is C20H21N7O2. The average Bonchev–Trinajstić information content (AvgIpc) is 3.35. The summed E-state index contributed by atoms with van der Waals surface area (Å²) in [7, 11) is 0. The molecule has 3 aromatic rings. The van der Waals surface area contributed by atoms with E-state index in [0.29, 0.717) is 25.2 Å². The lowest BCUT2D eigenvalue weighted by Gasteiger charge is -2.39. The molecule has 148 valence electrons. The highest BCUT2D eigenvalue weighted by molar-refractivity contribution is 5.92. The van der Waals surface area contributed by atoms with Crippen LogP contribution in [0.25, 0.3) is 5.69 Å². The molecule has 5 rings (SSSR count). The molecule has 3 heterocycles. The van der Waals surface area contributed by atoms with Crippen LogP contribution in [0.5, 0.6) is 0 Å². The van der Waals surface area contributed by atoms with E-state index in [2.05, 4.69) is 20.3 Å². The number of fused-ring (bicyclic) bond motifs is 2. The van der Waals surface area contributed by atoms with Crippen LogP contribution < -0.4 is 11.3 Å². The highest BCUT2D eigenvalue weighted by Crippen LogP contribution is 2.44. The lowest BCUT2D eigenvalue weighted by molar-refractivity contribution is 0.0657. The van der Waals surface area contributed by atoms with Crippen molar-refractivity contribution in [2.45, 2.75) is 31.1 Å². The number of aromatic nitrogens is 5. The quantitative estimate of drug-likeness (QED) is 0.673. The Hall–Kier alpha value is -3.49. The third kappa shape index (κ3) is 2.89. The maximum atomic E-state index is 12.9. The van der Waals surface area contributed by atoms with Crippen LogP contribution >= 0.6 is 0 Å². The number of H-pyrrole nitrogens is 1. The van der Waals surface area contributed by atoms with Crippen molar-refractivity contribution in [2.24, 2.45) is 0 Å². The molecule has 29 heavy (non-hydrogen) atoms. The zero-order valence-corrected chi connectivity index (χ0v) is 15.8. The molecule has 1 fully saturated rings. The van der Waals surface area contributed by atoms with Gasteiger partial charge >= 0.3 is 0 Å². The van der Waals surface area contributed by atoms with Gasteiger partial charge in [-0.2, -0.15) is 0 Å². The monoisotopic (exact) mass is 391 g/mol. The van der Waals surface area contributed by atoms with Crippen molar-refractivity contribution in [3.8, 4) is 5.69 Å². The molecule has 1 aliphatic carbocycles. The first-order valence-electron chi connectivity index (χ1n) is 9.72. The molecule has 2 aliphatic rings. The maximum absolute atomic E-state index is 12.9. The van der Waals surface area contributed by atoms with Gasteiger partial charge in [0.1, 0.15) is 0 Å². The van der Waals surface area contributed by atoms with Crippen LogP contribution in [0, 0.1) is 0 Å². The predicted molar refractivity (Wildman–Crippen MR) is 106 cm³/mol. The van der Waals surface area contributed by atoms with Gasteiger partial charge < -0.3 is 10.6 Å². The standard InChI is InChI=1S/C20H21N7O2/c21-19-22-16-14(17(28)23-19)6-7-20(16)8-10-26(11-9-20)18(29)15-12-27(25-24-15)13-4-2-1-3-5-13/h1-5,12H,6-11H2,(H3,21,22,23,28). The first-order chi connectivity index (χ1) is 14.1. The Bertz CT molecular complexity index is 1130. The van der Waals surface area contributed by atoms with Crippen LogP contribution in [0.15, 0.2) is 41.3 Å². The molecule has 1 saturated heterocycles. The van der Waals surface area contributed by atoms with Gasteiger partial charge in [-0.05, 0) is 37.8 Å². The number of rotatable bonds is 2. The Morgan fingerprint density at radius 1 is 1.14 bits per heavy atom. The van der Waals surface area contributed by atoms with Crippen molar-refractivity contribution in [1.82, 2.24) is 29.9 Å². The minimum atomic E-state index is -0.170. The molecule has 0 radical (unpaired) electrons. The van der Waals surface area contributed by atoms with Gasteiger partial charge in [-0.25, -0.2) is 9.67 Å². The Labute approximate surface area is 166 Å².